The Morgan fingerprint density at radius 3 is 3.08 bits per heavy atom. The lowest BCUT2D eigenvalue weighted by molar-refractivity contribution is -0.136. The molecule has 1 fully saturated rings. The molecule has 0 aromatic heterocycles. The molecule has 1 saturated heterocycles. The Kier molecular flexibility index (Phi) is 2.12. The zero-order valence-corrected chi connectivity index (χ0v) is 8.12. The number of nitrogens with zero attached hydrogens (tertiary/aromatic N) is 1. The third-order valence-corrected chi connectivity index (χ3v) is 3.23. The minimum Gasteiger partial charge on any atom is -0.466 e. The molecule has 2 heterocycles. The maximum absolute atomic E-state index is 11.4. The average Bonchev–Trinajstić information content (AvgIpc) is 2.41. The van der Waals surface area contributed by atoms with Gasteiger partial charge in [0.25, 0.3) is 0 Å². The molecule has 3 nitrogen and oxygen atoms in total. The van der Waals surface area contributed by atoms with Crippen molar-refractivity contribution in [1.82, 2.24) is 4.90 Å². The molecule has 2 atom stereocenters. The Morgan fingerprint density at radius 1 is 1.62 bits per heavy atom. The quantitative estimate of drug-likeness (QED) is 0.564. The molecule has 0 aromatic carbocycles. The number of likely N-dealkylation sites (N-methyl/N-ethyl adjacent to an activating group) is 1. The third kappa shape index (κ3) is 1.27. The lowest BCUT2D eigenvalue weighted by Gasteiger charge is -2.30. The van der Waals surface area contributed by atoms with Crippen molar-refractivity contribution in [2.24, 2.45) is 0 Å². The average molecular weight is 181 g/mol. The maximum Gasteiger partial charge on any atom is 0.335 e. The van der Waals surface area contributed by atoms with Crippen LogP contribution in [-0.2, 0) is 9.53 Å². The highest BCUT2D eigenvalue weighted by atomic mass is 16.5. The smallest absolute Gasteiger partial charge is 0.335 e. The first kappa shape index (κ1) is 8.75. The fraction of sp³-hybridized carbons (Fsp3) is 0.700. The molecule has 3 heteroatoms. The van der Waals surface area contributed by atoms with E-state index in [1.54, 1.807) is 0 Å². The first-order valence-corrected chi connectivity index (χ1v) is 4.74. The van der Waals surface area contributed by atoms with E-state index in [2.05, 4.69) is 11.9 Å². The highest BCUT2D eigenvalue weighted by Crippen LogP contribution is 2.34. The monoisotopic (exact) mass is 181 g/mol. The SMILES string of the molecule is COC(=O)C1=CC[C@@H]2CC[C@@H]1N2C. The van der Waals surface area contributed by atoms with E-state index in [-0.39, 0.29) is 5.97 Å². The molecule has 0 saturated carbocycles. The normalized spacial score (nSPS) is 32.9. The highest BCUT2D eigenvalue weighted by Gasteiger charge is 2.38. The van der Waals surface area contributed by atoms with Crippen molar-refractivity contribution in [3.8, 4) is 0 Å². The van der Waals surface area contributed by atoms with Crippen LogP contribution >= 0.6 is 0 Å². The van der Waals surface area contributed by atoms with Crippen LogP contribution in [0.5, 0.6) is 0 Å². The van der Waals surface area contributed by atoms with E-state index >= 15 is 0 Å². The Bertz CT molecular complexity index is 260. The topological polar surface area (TPSA) is 29.5 Å². The van der Waals surface area contributed by atoms with Crippen LogP contribution < -0.4 is 0 Å². The van der Waals surface area contributed by atoms with Crippen molar-refractivity contribution < 1.29 is 9.53 Å². The van der Waals surface area contributed by atoms with Crippen molar-refractivity contribution in [2.75, 3.05) is 14.2 Å². The van der Waals surface area contributed by atoms with Gasteiger partial charge in [-0.1, -0.05) is 6.08 Å². The Hall–Kier alpha value is -0.830. The molecule has 2 rings (SSSR count). The largest absolute Gasteiger partial charge is 0.466 e. The minimum atomic E-state index is -0.155. The molecule has 0 spiro atoms. The van der Waals surface area contributed by atoms with Crippen molar-refractivity contribution in [3.05, 3.63) is 11.6 Å². The molecule has 13 heavy (non-hydrogen) atoms. The number of methoxy groups -OCH3 is 1. The van der Waals surface area contributed by atoms with Crippen LogP contribution in [0.25, 0.3) is 0 Å². The summed E-state index contributed by atoms with van der Waals surface area (Å²) in [6.45, 7) is 0. The van der Waals surface area contributed by atoms with Gasteiger partial charge in [0.05, 0.1) is 12.7 Å². The van der Waals surface area contributed by atoms with E-state index < -0.39 is 0 Å². The van der Waals surface area contributed by atoms with Gasteiger partial charge in [-0.3, -0.25) is 4.90 Å². The second-order valence-electron chi connectivity index (χ2n) is 3.80. The van der Waals surface area contributed by atoms with Gasteiger partial charge in [-0.25, -0.2) is 4.79 Å². The molecule has 0 aromatic rings. The van der Waals surface area contributed by atoms with Gasteiger partial charge >= 0.3 is 5.97 Å². The molecule has 0 amide bonds. The summed E-state index contributed by atoms with van der Waals surface area (Å²) in [6.07, 6.45) is 5.35. The summed E-state index contributed by atoms with van der Waals surface area (Å²) in [5.41, 5.74) is 0.860. The van der Waals surface area contributed by atoms with Crippen molar-refractivity contribution in [1.29, 1.82) is 0 Å². The number of fused-ring (bicyclic) bond motifs is 2. The summed E-state index contributed by atoms with van der Waals surface area (Å²) >= 11 is 0. The molecule has 2 bridgehead atoms. The van der Waals surface area contributed by atoms with Gasteiger partial charge in [-0.05, 0) is 26.3 Å². The number of rotatable bonds is 1. The third-order valence-electron chi connectivity index (χ3n) is 3.23. The van der Waals surface area contributed by atoms with Crippen molar-refractivity contribution in [2.45, 2.75) is 31.3 Å². The lowest BCUT2D eigenvalue weighted by Crippen LogP contribution is -2.38. The van der Waals surface area contributed by atoms with Gasteiger partial charge in [0, 0.05) is 12.1 Å². The van der Waals surface area contributed by atoms with Crippen LogP contribution in [0.1, 0.15) is 19.3 Å². The standard InChI is InChI=1S/C10H15NO2/c1-11-7-3-5-8(10(12)13-2)9(11)6-4-7/h5,7,9H,3-4,6H2,1-2H3/t7-,9+/m1/s1. The molecule has 0 N–H and O–H groups in total. The summed E-state index contributed by atoms with van der Waals surface area (Å²) in [5.74, 6) is -0.155. The second kappa shape index (κ2) is 3.14. The number of ether oxygens (including phenoxy) is 1. The van der Waals surface area contributed by atoms with E-state index in [4.69, 9.17) is 4.74 Å². The van der Waals surface area contributed by atoms with Crippen LogP contribution in [0, 0.1) is 0 Å². The summed E-state index contributed by atoms with van der Waals surface area (Å²) < 4.78 is 4.75. The van der Waals surface area contributed by atoms with Gasteiger partial charge in [0.15, 0.2) is 0 Å². The van der Waals surface area contributed by atoms with Crippen molar-refractivity contribution >= 4 is 5.97 Å². The van der Waals surface area contributed by atoms with Crippen LogP contribution in [0.3, 0.4) is 0 Å². The van der Waals surface area contributed by atoms with Crippen molar-refractivity contribution in [3.63, 3.8) is 0 Å². The zero-order valence-electron chi connectivity index (χ0n) is 8.12. The number of hydrogen-bond donors (Lipinski definition) is 0. The summed E-state index contributed by atoms with van der Waals surface area (Å²) in [7, 11) is 3.54. The predicted molar refractivity (Wildman–Crippen MR) is 49.3 cm³/mol. The van der Waals surface area contributed by atoms with Crippen LogP contribution in [0.2, 0.25) is 0 Å². The van der Waals surface area contributed by atoms with E-state index in [1.807, 2.05) is 6.08 Å². The molecule has 0 radical (unpaired) electrons. The van der Waals surface area contributed by atoms with Gasteiger partial charge in [-0.2, -0.15) is 0 Å². The Balaban J connectivity index is 2.21. The summed E-state index contributed by atoms with van der Waals surface area (Å²) in [4.78, 5) is 13.7. The van der Waals surface area contributed by atoms with E-state index in [9.17, 15) is 4.79 Å². The number of esters is 1. The molecule has 2 aliphatic rings. The summed E-state index contributed by atoms with van der Waals surface area (Å²) in [6, 6.07) is 0.963. The van der Waals surface area contributed by atoms with E-state index in [0.717, 1.165) is 18.4 Å². The van der Waals surface area contributed by atoms with E-state index in [0.29, 0.717) is 12.1 Å². The fourth-order valence-corrected chi connectivity index (χ4v) is 2.41. The van der Waals surface area contributed by atoms with E-state index in [1.165, 1.54) is 13.5 Å². The van der Waals surface area contributed by atoms with Gasteiger partial charge in [-0.15, -0.1) is 0 Å². The number of hydrogen-bond acceptors (Lipinski definition) is 3. The first-order chi connectivity index (χ1) is 6.24. The molecule has 0 aliphatic carbocycles. The number of carbonyl (C=O) groups is 1. The number of carbonyl (C=O) groups excluding carboxylic acids is 1. The minimum absolute atomic E-state index is 0.155. The molecule has 72 valence electrons. The highest BCUT2D eigenvalue weighted by molar-refractivity contribution is 5.90. The van der Waals surface area contributed by atoms with Gasteiger partial charge < -0.3 is 4.74 Å². The van der Waals surface area contributed by atoms with Crippen LogP contribution in [0.15, 0.2) is 11.6 Å². The second-order valence-corrected chi connectivity index (χ2v) is 3.80. The lowest BCUT2D eigenvalue weighted by atomic mass is 10.0. The molecular formula is C10H15NO2. The Labute approximate surface area is 78.4 Å². The first-order valence-electron chi connectivity index (χ1n) is 4.74. The van der Waals surface area contributed by atoms with Crippen LogP contribution in [-0.4, -0.2) is 37.1 Å². The van der Waals surface area contributed by atoms with Gasteiger partial charge in [0.2, 0.25) is 0 Å². The van der Waals surface area contributed by atoms with Crippen LogP contribution in [0.4, 0.5) is 0 Å². The maximum atomic E-state index is 11.4. The zero-order chi connectivity index (χ0) is 9.42. The molecule has 2 aliphatic heterocycles. The fourth-order valence-electron chi connectivity index (χ4n) is 2.41. The van der Waals surface area contributed by atoms with Gasteiger partial charge in [0.1, 0.15) is 0 Å². The molecular weight excluding hydrogens is 166 g/mol. The Morgan fingerprint density at radius 2 is 2.38 bits per heavy atom. The summed E-state index contributed by atoms with van der Waals surface area (Å²) in [5, 5.41) is 0. The molecule has 0 unspecified atom stereocenters. The predicted octanol–water partition coefficient (Wildman–Crippen LogP) is 0.952.